The van der Waals surface area contributed by atoms with Crippen LogP contribution >= 0.6 is 12.4 Å². The van der Waals surface area contributed by atoms with Crippen molar-refractivity contribution < 1.29 is 4.57 Å². The zero-order chi connectivity index (χ0) is 6.97. The van der Waals surface area contributed by atoms with Crippen molar-refractivity contribution in [3.63, 3.8) is 0 Å². The largest absolute Gasteiger partial charge is 0.243 e. The van der Waals surface area contributed by atoms with Gasteiger partial charge in [-0.2, -0.15) is 0 Å². The van der Waals surface area contributed by atoms with E-state index in [9.17, 15) is 0 Å². The third-order valence-corrected chi connectivity index (χ3v) is 1.70. The normalized spacial score (nSPS) is 9.55. The lowest BCUT2D eigenvalue weighted by molar-refractivity contribution is -0.644. The van der Waals surface area contributed by atoms with Gasteiger partial charge in [0.2, 0.25) is 6.33 Å². The number of imidazole rings is 1. The molecule has 0 amide bonds. The molecule has 0 radical (unpaired) electrons. The first-order valence-corrected chi connectivity index (χ1v) is 3.30. The van der Waals surface area contributed by atoms with Crippen LogP contribution in [0.4, 0.5) is 0 Å². The maximum atomic E-state index is 3.15. The number of benzene rings is 1. The Kier molecular flexibility index (Phi) is 2.15. The summed E-state index contributed by atoms with van der Waals surface area (Å²) in [5.74, 6) is 0. The zero-order valence-corrected chi connectivity index (χ0v) is 7.06. The highest BCUT2D eigenvalue weighted by Gasteiger charge is 2.01. The standard InChI is InChI=1S/C8H8N2.ClH/c1-10-6-9-7-4-2-3-5-8(7)10;/h2-6H,1H3;1H/p+1. The molecule has 0 aliphatic carbocycles. The van der Waals surface area contributed by atoms with Gasteiger partial charge in [0.05, 0.1) is 7.05 Å². The SMILES string of the molecule is C[n+]1c[nH]c2ccccc21.Cl. The monoisotopic (exact) mass is 169 g/mol. The molecule has 0 saturated heterocycles. The molecule has 2 aromatic rings. The number of hydrogen-bond acceptors (Lipinski definition) is 0. The summed E-state index contributed by atoms with van der Waals surface area (Å²) in [7, 11) is 2.03. The number of aromatic nitrogens is 2. The van der Waals surface area contributed by atoms with Crippen LogP contribution in [-0.4, -0.2) is 4.98 Å². The summed E-state index contributed by atoms with van der Waals surface area (Å²) >= 11 is 0. The molecule has 0 bridgehead atoms. The molecule has 0 atom stereocenters. The number of hydrogen-bond donors (Lipinski definition) is 1. The van der Waals surface area contributed by atoms with Gasteiger partial charge in [0.1, 0.15) is 0 Å². The van der Waals surface area contributed by atoms with E-state index in [1.807, 2.05) is 25.5 Å². The van der Waals surface area contributed by atoms with E-state index in [1.165, 1.54) is 11.0 Å². The molecule has 3 heteroatoms. The second-order valence-corrected chi connectivity index (χ2v) is 2.40. The van der Waals surface area contributed by atoms with Gasteiger partial charge in [0.25, 0.3) is 0 Å². The Balaban J connectivity index is 0.000000605. The summed E-state index contributed by atoms with van der Waals surface area (Å²) < 4.78 is 2.06. The molecule has 0 spiro atoms. The predicted octanol–water partition coefficient (Wildman–Crippen LogP) is 1.41. The highest BCUT2D eigenvalue weighted by Crippen LogP contribution is 2.03. The summed E-state index contributed by atoms with van der Waals surface area (Å²) in [6.07, 6.45) is 1.95. The molecule has 0 fully saturated rings. The van der Waals surface area contributed by atoms with E-state index >= 15 is 0 Å². The fraction of sp³-hybridized carbons (Fsp3) is 0.125. The lowest BCUT2D eigenvalue weighted by Gasteiger charge is -1.82. The number of fused-ring (bicyclic) bond motifs is 1. The Morgan fingerprint density at radius 3 is 2.73 bits per heavy atom. The van der Waals surface area contributed by atoms with Crippen LogP contribution in [0, 0.1) is 0 Å². The number of rotatable bonds is 0. The van der Waals surface area contributed by atoms with Crippen LogP contribution in [0.3, 0.4) is 0 Å². The lowest BCUT2D eigenvalue weighted by atomic mass is 10.3. The molecule has 1 aromatic heterocycles. The third kappa shape index (κ3) is 1.21. The summed E-state index contributed by atoms with van der Waals surface area (Å²) in [5, 5.41) is 0. The van der Waals surface area contributed by atoms with Crippen molar-refractivity contribution in [1.29, 1.82) is 0 Å². The Morgan fingerprint density at radius 2 is 2.00 bits per heavy atom. The van der Waals surface area contributed by atoms with Gasteiger partial charge in [0, 0.05) is 0 Å². The lowest BCUT2D eigenvalue weighted by Crippen LogP contribution is -2.24. The molecule has 58 valence electrons. The van der Waals surface area contributed by atoms with Crippen molar-refractivity contribution in [1.82, 2.24) is 4.98 Å². The average Bonchev–Trinajstić information content (AvgIpc) is 2.34. The maximum Gasteiger partial charge on any atom is 0.242 e. The molecular formula is C8H10ClN2+. The first kappa shape index (κ1) is 8.08. The summed E-state index contributed by atoms with van der Waals surface area (Å²) in [5.41, 5.74) is 2.42. The Labute approximate surface area is 71.3 Å². The van der Waals surface area contributed by atoms with E-state index in [1.54, 1.807) is 0 Å². The van der Waals surface area contributed by atoms with Gasteiger partial charge >= 0.3 is 0 Å². The fourth-order valence-electron chi connectivity index (χ4n) is 1.14. The van der Waals surface area contributed by atoms with Crippen molar-refractivity contribution in [2.75, 3.05) is 0 Å². The van der Waals surface area contributed by atoms with Gasteiger partial charge in [0.15, 0.2) is 11.0 Å². The number of nitrogens with one attached hydrogen (secondary N) is 1. The molecule has 0 aliphatic heterocycles. The molecular weight excluding hydrogens is 160 g/mol. The van der Waals surface area contributed by atoms with Crippen LogP contribution in [0.5, 0.6) is 0 Å². The van der Waals surface area contributed by atoms with E-state index in [0.717, 1.165) is 0 Å². The molecule has 0 aliphatic rings. The molecule has 1 N–H and O–H groups in total. The molecule has 0 unspecified atom stereocenters. The van der Waals surface area contributed by atoms with Crippen LogP contribution in [0.25, 0.3) is 11.0 Å². The first-order chi connectivity index (χ1) is 4.88. The molecule has 1 aromatic carbocycles. The Bertz CT molecular complexity index is 354. The number of para-hydroxylation sites is 2. The number of aryl methyl sites for hydroxylation is 1. The van der Waals surface area contributed by atoms with Gasteiger partial charge in [-0.3, -0.25) is 0 Å². The van der Waals surface area contributed by atoms with Crippen LogP contribution in [0.15, 0.2) is 30.6 Å². The van der Waals surface area contributed by atoms with Gasteiger partial charge < -0.3 is 0 Å². The van der Waals surface area contributed by atoms with Crippen molar-refractivity contribution >= 4 is 23.4 Å². The Hall–Kier alpha value is -1.02. The van der Waals surface area contributed by atoms with Crippen molar-refractivity contribution in [3.05, 3.63) is 30.6 Å². The number of nitrogens with zero attached hydrogens (tertiary/aromatic N) is 1. The topological polar surface area (TPSA) is 19.7 Å². The van der Waals surface area contributed by atoms with Crippen molar-refractivity contribution in [3.8, 4) is 0 Å². The second kappa shape index (κ2) is 2.93. The minimum atomic E-state index is 0. The first-order valence-electron chi connectivity index (χ1n) is 3.30. The number of aromatic amines is 1. The van der Waals surface area contributed by atoms with Gasteiger partial charge in [-0.1, -0.05) is 12.1 Å². The van der Waals surface area contributed by atoms with Crippen molar-refractivity contribution in [2.24, 2.45) is 7.05 Å². The summed E-state index contributed by atoms with van der Waals surface area (Å²) in [6, 6.07) is 8.22. The van der Waals surface area contributed by atoms with E-state index in [2.05, 4.69) is 21.7 Å². The zero-order valence-electron chi connectivity index (χ0n) is 6.24. The highest BCUT2D eigenvalue weighted by molar-refractivity contribution is 5.85. The van der Waals surface area contributed by atoms with E-state index in [4.69, 9.17) is 0 Å². The molecule has 2 nitrogen and oxygen atoms in total. The van der Waals surface area contributed by atoms with E-state index in [0.29, 0.717) is 0 Å². The fourth-order valence-corrected chi connectivity index (χ4v) is 1.14. The number of H-pyrrole nitrogens is 1. The van der Waals surface area contributed by atoms with Gasteiger partial charge in [-0.15, -0.1) is 12.4 Å². The van der Waals surface area contributed by atoms with Crippen LogP contribution in [0.2, 0.25) is 0 Å². The number of halogens is 1. The predicted molar refractivity (Wildman–Crippen MR) is 46.7 cm³/mol. The average molecular weight is 170 g/mol. The molecule has 1 heterocycles. The van der Waals surface area contributed by atoms with Gasteiger partial charge in [-0.25, -0.2) is 9.55 Å². The highest BCUT2D eigenvalue weighted by atomic mass is 35.5. The minimum absolute atomic E-state index is 0. The van der Waals surface area contributed by atoms with Crippen molar-refractivity contribution in [2.45, 2.75) is 0 Å². The second-order valence-electron chi connectivity index (χ2n) is 2.40. The van der Waals surface area contributed by atoms with Crippen LogP contribution in [-0.2, 0) is 7.05 Å². The smallest absolute Gasteiger partial charge is 0.242 e. The molecule has 11 heavy (non-hydrogen) atoms. The molecule has 0 saturated carbocycles. The van der Waals surface area contributed by atoms with Crippen LogP contribution < -0.4 is 4.57 Å². The maximum absolute atomic E-state index is 3.15. The molecule has 2 rings (SSSR count). The summed E-state index contributed by atoms with van der Waals surface area (Å²) in [4.78, 5) is 3.15. The van der Waals surface area contributed by atoms with E-state index in [-0.39, 0.29) is 12.4 Å². The minimum Gasteiger partial charge on any atom is -0.243 e. The Morgan fingerprint density at radius 1 is 1.27 bits per heavy atom. The summed E-state index contributed by atoms with van der Waals surface area (Å²) in [6.45, 7) is 0. The van der Waals surface area contributed by atoms with Gasteiger partial charge in [-0.05, 0) is 12.1 Å². The van der Waals surface area contributed by atoms with E-state index < -0.39 is 0 Å². The quantitative estimate of drug-likeness (QED) is 0.576. The van der Waals surface area contributed by atoms with Crippen LogP contribution in [0.1, 0.15) is 0 Å². The third-order valence-electron chi connectivity index (χ3n) is 1.70.